The van der Waals surface area contributed by atoms with Crippen molar-refractivity contribution in [3.05, 3.63) is 24.3 Å². The van der Waals surface area contributed by atoms with E-state index in [-0.39, 0.29) is 29.9 Å². The molecule has 0 bridgehead atoms. The van der Waals surface area contributed by atoms with Crippen LogP contribution in [0.5, 0.6) is 5.75 Å². The molecule has 0 aromatic heterocycles. The number of piperidine rings is 1. The Morgan fingerprint density at radius 1 is 1.09 bits per heavy atom. The number of carbonyl (C=O) groups is 2. The highest BCUT2D eigenvalue weighted by molar-refractivity contribution is 7.89. The van der Waals surface area contributed by atoms with Crippen molar-refractivity contribution in [2.45, 2.75) is 76.3 Å². The molecule has 1 aromatic carbocycles. The first-order valence-corrected chi connectivity index (χ1v) is 13.4. The normalized spacial score (nSPS) is 23.5. The topological polar surface area (TPSA) is 102 Å². The van der Waals surface area contributed by atoms with Gasteiger partial charge in [-0.25, -0.2) is 8.42 Å². The van der Waals surface area contributed by atoms with Crippen LogP contribution in [0.3, 0.4) is 0 Å². The number of nitrogens with one attached hydrogen (secondary N) is 1. The molecule has 1 heterocycles. The van der Waals surface area contributed by atoms with Gasteiger partial charge in [-0.2, -0.15) is 4.31 Å². The SMILES string of the molecule is CCOc1ccc(S(=O)(=O)N2CCC(C(=O)O[C@H](C)C(=O)N[C@@H]3CCCC[C@@H]3C)CC2)cc1. The maximum atomic E-state index is 12.9. The molecule has 0 unspecified atom stereocenters. The number of sulfonamides is 1. The van der Waals surface area contributed by atoms with Crippen molar-refractivity contribution in [3.63, 3.8) is 0 Å². The average Bonchev–Trinajstić information content (AvgIpc) is 2.81. The molecule has 2 aliphatic rings. The third-order valence-corrected chi connectivity index (χ3v) is 8.57. The van der Waals surface area contributed by atoms with Gasteiger partial charge in [-0.15, -0.1) is 0 Å². The second-order valence-corrected chi connectivity index (χ2v) is 11.0. The molecule has 1 saturated heterocycles. The molecule has 1 amide bonds. The Balaban J connectivity index is 1.49. The summed E-state index contributed by atoms with van der Waals surface area (Å²) in [5, 5.41) is 3.02. The van der Waals surface area contributed by atoms with Gasteiger partial charge in [-0.1, -0.05) is 19.8 Å². The smallest absolute Gasteiger partial charge is 0.309 e. The van der Waals surface area contributed by atoms with E-state index < -0.39 is 28.0 Å². The summed E-state index contributed by atoms with van der Waals surface area (Å²) < 4.78 is 38.1. The fourth-order valence-corrected chi connectivity index (χ4v) is 5.98. The van der Waals surface area contributed by atoms with Crippen molar-refractivity contribution < 1.29 is 27.5 Å². The second-order valence-electron chi connectivity index (χ2n) is 9.04. The predicted molar refractivity (Wildman–Crippen MR) is 124 cm³/mol. The van der Waals surface area contributed by atoms with Gasteiger partial charge in [0.25, 0.3) is 5.91 Å². The number of carbonyl (C=O) groups excluding carboxylic acids is 2. The molecule has 8 nitrogen and oxygen atoms in total. The Labute approximate surface area is 197 Å². The van der Waals surface area contributed by atoms with Crippen molar-refractivity contribution >= 4 is 21.9 Å². The standard InChI is InChI=1S/C24H36N2O6S/c1-4-31-20-9-11-21(12-10-20)33(29,30)26-15-13-19(14-16-26)24(28)32-18(3)23(27)25-22-8-6-5-7-17(22)2/h9-12,17-19,22H,4-8,13-16H2,1-3H3,(H,25,27)/t17-,18+,22+/m0/s1. The number of amides is 1. The summed E-state index contributed by atoms with van der Waals surface area (Å²) in [6, 6.07) is 6.48. The lowest BCUT2D eigenvalue weighted by molar-refractivity contribution is -0.160. The number of hydrogen-bond donors (Lipinski definition) is 1. The summed E-state index contributed by atoms with van der Waals surface area (Å²) in [5.41, 5.74) is 0. The van der Waals surface area contributed by atoms with Crippen LogP contribution in [0.2, 0.25) is 0 Å². The minimum atomic E-state index is -3.64. The zero-order valence-corrected chi connectivity index (χ0v) is 20.6. The van der Waals surface area contributed by atoms with Crippen molar-refractivity contribution in [2.75, 3.05) is 19.7 Å². The van der Waals surface area contributed by atoms with Gasteiger partial charge in [-0.3, -0.25) is 9.59 Å². The summed E-state index contributed by atoms with van der Waals surface area (Å²) >= 11 is 0. The molecule has 1 aromatic rings. The van der Waals surface area contributed by atoms with E-state index >= 15 is 0 Å². The van der Waals surface area contributed by atoms with Crippen LogP contribution in [0.25, 0.3) is 0 Å². The Bertz CT molecular complexity index is 909. The maximum Gasteiger partial charge on any atom is 0.309 e. The van der Waals surface area contributed by atoms with Gasteiger partial charge >= 0.3 is 5.97 Å². The number of benzene rings is 1. The van der Waals surface area contributed by atoms with Gasteiger partial charge in [0.1, 0.15) is 5.75 Å². The Kier molecular flexibility index (Phi) is 8.75. The van der Waals surface area contributed by atoms with Crippen molar-refractivity contribution in [3.8, 4) is 5.75 Å². The first kappa shape index (κ1) is 25.5. The van der Waals surface area contributed by atoms with E-state index in [1.54, 1.807) is 19.1 Å². The van der Waals surface area contributed by atoms with Crippen LogP contribution in [-0.2, 0) is 24.3 Å². The lowest BCUT2D eigenvalue weighted by Gasteiger charge is -2.32. The van der Waals surface area contributed by atoms with Crippen molar-refractivity contribution in [1.29, 1.82) is 0 Å². The van der Waals surface area contributed by atoms with E-state index in [1.165, 1.54) is 22.9 Å². The Hall–Kier alpha value is -2.13. The molecule has 2 fully saturated rings. The molecular formula is C24H36N2O6S. The van der Waals surface area contributed by atoms with E-state index in [0.29, 0.717) is 31.1 Å². The van der Waals surface area contributed by atoms with Crippen LogP contribution in [0.4, 0.5) is 0 Å². The monoisotopic (exact) mass is 480 g/mol. The van der Waals surface area contributed by atoms with Gasteiger partial charge in [0.15, 0.2) is 6.10 Å². The summed E-state index contributed by atoms with van der Waals surface area (Å²) in [4.78, 5) is 25.3. The van der Waals surface area contributed by atoms with E-state index in [1.807, 2.05) is 6.92 Å². The number of hydrogen-bond acceptors (Lipinski definition) is 6. The lowest BCUT2D eigenvalue weighted by Crippen LogP contribution is -2.47. The first-order valence-electron chi connectivity index (χ1n) is 12.0. The Morgan fingerprint density at radius 3 is 2.33 bits per heavy atom. The molecule has 0 spiro atoms. The molecule has 1 N–H and O–H groups in total. The molecule has 1 aliphatic heterocycles. The largest absolute Gasteiger partial charge is 0.494 e. The molecule has 33 heavy (non-hydrogen) atoms. The van der Waals surface area contributed by atoms with Crippen LogP contribution in [-0.4, -0.2) is 56.4 Å². The third kappa shape index (κ3) is 6.47. The first-order chi connectivity index (χ1) is 15.7. The summed E-state index contributed by atoms with van der Waals surface area (Å²) in [6.45, 7) is 6.56. The summed E-state index contributed by atoms with van der Waals surface area (Å²) in [6.07, 6.45) is 4.20. The molecule has 9 heteroatoms. The van der Waals surface area contributed by atoms with E-state index in [0.717, 1.165) is 19.3 Å². The van der Waals surface area contributed by atoms with Crippen LogP contribution < -0.4 is 10.1 Å². The summed E-state index contributed by atoms with van der Waals surface area (Å²) in [5.74, 6) is -0.0769. The van der Waals surface area contributed by atoms with E-state index in [2.05, 4.69) is 12.2 Å². The molecule has 184 valence electrons. The highest BCUT2D eigenvalue weighted by Gasteiger charge is 2.34. The minimum absolute atomic E-state index is 0.128. The van der Waals surface area contributed by atoms with E-state index in [9.17, 15) is 18.0 Å². The van der Waals surface area contributed by atoms with Crippen LogP contribution in [0.15, 0.2) is 29.2 Å². The predicted octanol–water partition coefficient (Wildman–Crippen LogP) is 3.11. The summed E-state index contributed by atoms with van der Waals surface area (Å²) in [7, 11) is -3.64. The van der Waals surface area contributed by atoms with Gasteiger partial charge < -0.3 is 14.8 Å². The zero-order valence-electron chi connectivity index (χ0n) is 19.8. The molecule has 1 saturated carbocycles. The van der Waals surface area contributed by atoms with Crippen molar-refractivity contribution in [1.82, 2.24) is 9.62 Å². The second kappa shape index (κ2) is 11.3. The molecular weight excluding hydrogens is 444 g/mol. The lowest BCUT2D eigenvalue weighted by atomic mass is 9.86. The van der Waals surface area contributed by atoms with Crippen LogP contribution in [0.1, 0.15) is 59.3 Å². The fraction of sp³-hybridized carbons (Fsp3) is 0.667. The van der Waals surface area contributed by atoms with Gasteiger partial charge in [0.05, 0.1) is 17.4 Å². The van der Waals surface area contributed by atoms with Crippen LogP contribution >= 0.6 is 0 Å². The number of ether oxygens (including phenoxy) is 2. The van der Waals surface area contributed by atoms with Gasteiger partial charge in [0.2, 0.25) is 10.0 Å². The quantitative estimate of drug-likeness (QED) is 0.574. The number of rotatable bonds is 8. The maximum absolute atomic E-state index is 12.9. The molecule has 3 rings (SSSR count). The average molecular weight is 481 g/mol. The zero-order chi connectivity index (χ0) is 24.0. The molecule has 0 radical (unpaired) electrons. The van der Waals surface area contributed by atoms with Gasteiger partial charge in [-0.05, 0) is 69.7 Å². The van der Waals surface area contributed by atoms with Crippen LogP contribution in [0, 0.1) is 11.8 Å². The molecule has 3 atom stereocenters. The highest BCUT2D eigenvalue weighted by Crippen LogP contribution is 2.27. The highest BCUT2D eigenvalue weighted by atomic mass is 32.2. The minimum Gasteiger partial charge on any atom is -0.494 e. The number of nitrogens with zero attached hydrogens (tertiary/aromatic N) is 1. The molecule has 1 aliphatic carbocycles. The Morgan fingerprint density at radius 2 is 1.73 bits per heavy atom. The van der Waals surface area contributed by atoms with Crippen molar-refractivity contribution in [2.24, 2.45) is 11.8 Å². The van der Waals surface area contributed by atoms with Gasteiger partial charge in [0, 0.05) is 19.1 Å². The number of esters is 1. The fourth-order valence-electron chi connectivity index (χ4n) is 4.51. The third-order valence-electron chi connectivity index (χ3n) is 6.66. The van der Waals surface area contributed by atoms with E-state index in [4.69, 9.17) is 9.47 Å².